The van der Waals surface area contributed by atoms with E-state index in [0.717, 1.165) is 17.2 Å². The second-order valence-corrected chi connectivity index (χ2v) is 12.0. The van der Waals surface area contributed by atoms with E-state index in [9.17, 15) is 26.8 Å². The normalized spacial score (nSPS) is 18.9. The number of hydrogen-bond donors (Lipinski definition) is 1. The van der Waals surface area contributed by atoms with Gasteiger partial charge in [-0.25, -0.2) is 26.1 Å². The van der Waals surface area contributed by atoms with Crippen LogP contribution in [0.5, 0.6) is 0 Å². The highest BCUT2D eigenvalue weighted by Crippen LogP contribution is 2.44. The van der Waals surface area contributed by atoms with Gasteiger partial charge in [-0.2, -0.15) is 5.10 Å². The van der Waals surface area contributed by atoms with Gasteiger partial charge in [0.05, 0.1) is 34.8 Å². The lowest BCUT2D eigenvalue weighted by atomic mass is 10.0. The summed E-state index contributed by atoms with van der Waals surface area (Å²) in [5.41, 5.74) is 3.83. The lowest BCUT2D eigenvalue weighted by molar-refractivity contribution is 0.0995. The number of fused-ring (bicyclic) bond motifs is 1. The van der Waals surface area contributed by atoms with Crippen molar-refractivity contribution < 1.29 is 31.2 Å². The molecule has 35 heavy (non-hydrogen) atoms. The van der Waals surface area contributed by atoms with Crippen molar-refractivity contribution >= 4 is 33.2 Å². The van der Waals surface area contributed by atoms with Gasteiger partial charge >= 0.3 is 0 Å². The van der Waals surface area contributed by atoms with Crippen molar-refractivity contribution in [2.45, 2.75) is 49.2 Å². The molecule has 0 radical (unpaired) electrons. The van der Waals surface area contributed by atoms with Crippen LogP contribution in [0.25, 0.3) is 5.52 Å². The van der Waals surface area contributed by atoms with E-state index in [-0.39, 0.29) is 12.0 Å². The van der Waals surface area contributed by atoms with Gasteiger partial charge in [-0.1, -0.05) is 12.1 Å². The molecule has 1 aliphatic rings. The maximum atomic E-state index is 16.1. The summed E-state index contributed by atoms with van der Waals surface area (Å²) in [6, 6.07) is 4.32. The zero-order valence-corrected chi connectivity index (χ0v) is 19.9. The molecule has 4 rings (SSSR count). The molecule has 1 amide bonds. The number of carbonyl (C=O) groups is 2. The first-order valence-electron chi connectivity index (χ1n) is 10.7. The van der Waals surface area contributed by atoms with Crippen LogP contribution in [0.15, 0.2) is 35.5 Å². The smallest absolute Gasteiger partial charge is 0.253 e. The molecule has 2 N–H and O–H groups in total. The van der Waals surface area contributed by atoms with E-state index in [0.29, 0.717) is 16.4 Å². The highest BCUT2D eigenvalue weighted by Gasteiger charge is 2.44. The molecular weight excluding hydrogens is 485 g/mol. The predicted octanol–water partition coefficient (Wildman–Crippen LogP) is 3.39. The van der Waals surface area contributed by atoms with Crippen molar-refractivity contribution in [2.75, 3.05) is 11.4 Å². The van der Waals surface area contributed by atoms with Crippen LogP contribution in [0.3, 0.4) is 0 Å². The molecule has 2 aromatic heterocycles. The Bertz CT molecular complexity index is 1460. The molecule has 0 bridgehead atoms. The van der Waals surface area contributed by atoms with E-state index in [1.807, 2.05) is 0 Å². The van der Waals surface area contributed by atoms with Crippen molar-refractivity contribution in [2.24, 2.45) is 5.73 Å². The maximum absolute atomic E-state index is 16.1. The first-order chi connectivity index (χ1) is 16.3. The Kier molecular flexibility index (Phi) is 5.90. The number of primary amides is 1. The molecule has 0 saturated carbocycles. The standard InChI is InChI=1S/C23H23F3N4O4S/c1-23(2,3)35(33,34)22-17(21(27)32)20(18(26)19-13(11-31)9-28-30(19)22)29-10-15(25)8-16(29)12-5-4-6-14(24)7-12/h4-7,9,11,15-16H,8,10H2,1-3H3,(H2,27,32)/t15-,16+/m0/s1. The Balaban J connectivity index is 2.15. The van der Waals surface area contributed by atoms with Gasteiger partial charge in [-0.3, -0.25) is 9.59 Å². The predicted molar refractivity (Wildman–Crippen MR) is 122 cm³/mol. The van der Waals surface area contributed by atoms with E-state index in [1.165, 1.54) is 39.0 Å². The van der Waals surface area contributed by atoms with Crippen LogP contribution in [-0.2, 0) is 9.84 Å². The molecule has 0 spiro atoms. The van der Waals surface area contributed by atoms with Crippen LogP contribution < -0.4 is 10.6 Å². The number of nitrogens with two attached hydrogens (primary N) is 1. The summed E-state index contributed by atoms with van der Waals surface area (Å²) in [5, 5.41) is 3.15. The molecule has 8 nitrogen and oxygen atoms in total. The number of hydrogen-bond acceptors (Lipinski definition) is 6. The number of aromatic nitrogens is 2. The lowest BCUT2D eigenvalue weighted by Gasteiger charge is -2.31. The van der Waals surface area contributed by atoms with Crippen molar-refractivity contribution in [3.05, 3.63) is 58.8 Å². The van der Waals surface area contributed by atoms with Crippen LogP contribution >= 0.6 is 0 Å². The van der Waals surface area contributed by atoms with Gasteiger partial charge in [0, 0.05) is 6.42 Å². The second-order valence-electron chi connectivity index (χ2n) is 9.36. The Morgan fingerprint density at radius 3 is 2.51 bits per heavy atom. The topological polar surface area (TPSA) is 115 Å². The minimum atomic E-state index is -4.41. The van der Waals surface area contributed by atoms with Gasteiger partial charge in [0.25, 0.3) is 5.91 Å². The Morgan fingerprint density at radius 2 is 1.94 bits per heavy atom. The first-order valence-corrected chi connectivity index (χ1v) is 12.2. The fourth-order valence-corrected chi connectivity index (χ4v) is 5.75. The van der Waals surface area contributed by atoms with E-state index < -0.39 is 72.7 Å². The molecule has 1 fully saturated rings. The monoisotopic (exact) mass is 508 g/mol. The van der Waals surface area contributed by atoms with Crippen molar-refractivity contribution in [1.82, 2.24) is 9.61 Å². The summed E-state index contributed by atoms with van der Waals surface area (Å²) in [4.78, 5) is 25.5. The summed E-state index contributed by atoms with van der Waals surface area (Å²) >= 11 is 0. The molecule has 3 aromatic rings. The van der Waals surface area contributed by atoms with Crippen LogP contribution in [0.2, 0.25) is 0 Å². The van der Waals surface area contributed by atoms with Crippen molar-refractivity contribution in [3.63, 3.8) is 0 Å². The van der Waals surface area contributed by atoms with Gasteiger partial charge in [0.15, 0.2) is 17.1 Å². The molecule has 1 aromatic carbocycles. The average Bonchev–Trinajstić information content (AvgIpc) is 3.36. The fraction of sp³-hybridized carbons (Fsp3) is 0.348. The van der Waals surface area contributed by atoms with Crippen LogP contribution in [0, 0.1) is 11.6 Å². The molecular formula is C23H23F3N4O4S. The zero-order chi connectivity index (χ0) is 25.9. The minimum Gasteiger partial charge on any atom is -0.365 e. The molecule has 12 heteroatoms. The van der Waals surface area contributed by atoms with Gasteiger partial charge in [0.1, 0.15) is 23.1 Å². The number of benzene rings is 1. The van der Waals surface area contributed by atoms with Crippen LogP contribution in [0.4, 0.5) is 18.9 Å². The molecule has 3 heterocycles. The summed E-state index contributed by atoms with van der Waals surface area (Å²) in [7, 11) is -4.41. The number of anilines is 1. The van der Waals surface area contributed by atoms with Crippen molar-refractivity contribution in [3.8, 4) is 0 Å². The molecule has 1 aliphatic heterocycles. The number of halogens is 3. The highest BCUT2D eigenvalue weighted by atomic mass is 32.2. The van der Waals surface area contributed by atoms with E-state index in [1.54, 1.807) is 0 Å². The van der Waals surface area contributed by atoms with E-state index in [2.05, 4.69) is 5.10 Å². The number of amides is 1. The fourth-order valence-electron chi connectivity index (χ4n) is 4.34. The van der Waals surface area contributed by atoms with E-state index in [4.69, 9.17) is 5.73 Å². The summed E-state index contributed by atoms with van der Waals surface area (Å²) in [5.74, 6) is -3.06. The summed E-state index contributed by atoms with van der Waals surface area (Å²) in [6.07, 6.45) is -0.419. The third-order valence-corrected chi connectivity index (χ3v) is 8.56. The van der Waals surface area contributed by atoms with Gasteiger partial charge in [-0.05, 0) is 38.5 Å². The van der Waals surface area contributed by atoms with Gasteiger partial charge in [0.2, 0.25) is 9.84 Å². The third-order valence-electron chi connectivity index (χ3n) is 6.06. The first kappa shape index (κ1) is 24.7. The van der Waals surface area contributed by atoms with E-state index >= 15 is 4.39 Å². The molecule has 0 aliphatic carbocycles. The number of pyridine rings is 1. The van der Waals surface area contributed by atoms with Crippen LogP contribution in [0.1, 0.15) is 59.5 Å². The van der Waals surface area contributed by atoms with Gasteiger partial charge < -0.3 is 10.6 Å². The number of alkyl halides is 1. The van der Waals surface area contributed by atoms with Crippen LogP contribution in [-0.4, -0.2) is 47.7 Å². The minimum absolute atomic E-state index is 0.173. The molecule has 186 valence electrons. The number of nitrogens with zero attached hydrogens (tertiary/aromatic N) is 3. The molecule has 2 atom stereocenters. The SMILES string of the molecule is CC(C)(C)S(=O)(=O)c1c(C(N)=O)c(N2C[C@@H](F)C[C@@H]2c2cccc(F)c2)c(F)c2c(C=O)cnn12. The largest absolute Gasteiger partial charge is 0.365 e. The summed E-state index contributed by atoms with van der Waals surface area (Å²) < 4.78 is 71.2. The molecule has 0 unspecified atom stereocenters. The number of rotatable bonds is 5. The Hall–Kier alpha value is -3.41. The third kappa shape index (κ3) is 3.85. The highest BCUT2D eigenvalue weighted by molar-refractivity contribution is 7.92. The number of sulfone groups is 1. The number of carbonyl (C=O) groups excluding carboxylic acids is 2. The average molecular weight is 509 g/mol. The zero-order valence-electron chi connectivity index (χ0n) is 19.1. The van der Waals surface area contributed by atoms with Gasteiger partial charge in [-0.15, -0.1) is 0 Å². The van der Waals surface area contributed by atoms with Crippen molar-refractivity contribution in [1.29, 1.82) is 0 Å². The Labute approximate surface area is 199 Å². The Morgan fingerprint density at radius 1 is 1.26 bits per heavy atom. The molecule has 1 saturated heterocycles. The second kappa shape index (κ2) is 8.36. The lowest BCUT2D eigenvalue weighted by Crippen LogP contribution is -2.35. The maximum Gasteiger partial charge on any atom is 0.253 e. The summed E-state index contributed by atoms with van der Waals surface area (Å²) in [6.45, 7) is 3.69. The quantitative estimate of drug-likeness (QED) is 0.529. The number of aldehydes is 1.